The van der Waals surface area contributed by atoms with E-state index in [4.69, 9.17) is 0 Å². The van der Waals surface area contributed by atoms with Crippen molar-refractivity contribution in [2.75, 3.05) is 6.54 Å². The second-order valence-corrected chi connectivity index (χ2v) is 5.43. The van der Waals surface area contributed by atoms with Crippen molar-refractivity contribution in [3.63, 3.8) is 0 Å². The summed E-state index contributed by atoms with van der Waals surface area (Å²) in [5.74, 6) is 1.46. The third-order valence-electron chi connectivity index (χ3n) is 3.16. The number of hydrogen-bond acceptors (Lipinski definition) is 5. The van der Waals surface area contributed by atoms with Crippen LogP contribution in [0.2, 0.25) is 0 Å². The van der Waals surface area contributed by atoms with E-state index in [1.807, 2.05) is 0 Å². The summed E-state index contributed by atoms with van der Waals surface area (Å²) in [5.41, 5.74) is 0.799. The van der Waals surface area contributed by atoms with Crippen LogP contribution in [0.3, 0.4) is 0 Å². The van der Waals surface area contributed by atoms with Crippen molar-refractivity contribution >= 4 is 21.6 Å². The molecule has 1 aliphatic heterocycles. The molecule has 0 amide bonds. The summed E-state index contributed by atoms with van der Waals surface area (Å²) in [4.78, 5) is 4.51. The molecule has 0 saturated heterocycles. The van der Waals surface area contributed by atoms with Gasteiger partial charge in [0.15, 0.2) is 10.8 Å². The molecule has 3 heterocycles. The van der Waals surface area contributed by atoms with Crippen LogP contribution in [0.25, 0.3) is 21.0 Å². The molecule has 0 bridgehead atoms. The summed E-state index contributed by atoms with van der Waals surface area (Å²) in [7, 11) is 0. The molecule has 0 saturated carbocycles. The second kappa shape index (κ2) is 4.07. The van der Waals surface area contributed by atoms with Crippen molar-refractivity contribution in [1.29, 1.82) is 0 Å². The Morgan fingerprint density at radius 1 is 1.32 bits per heavy atom. The maximum atomic E-state index is 13.2. The van der Waals surface area contributed by atoms with Crippen LogP contribution in [0.15, 0.2) is 18.2 Å². The number of thiazole rings is 1. The van der Waals surface area contributed by atoms with Crippen molar-refractivity contribution in [1.82, 2.24) is 25.1 Å². The summed E-state index contributed by atoms with van der Waals surface area (Å²) in [6, 6.07) is 4.63. The molecule has 5 nitrogen and oxygen atoms in total. The van der Waals surface area contributed by atoms with E-state index < -0.39 is 0 Å². The fourth-order valence-corrected chi connectivity index (χ4v) is 3.23. The van der Waals surface area contributed by atoms with Crippen LogP contribution in [-0.2, 0) is 13.1 Å². The zero-order valence-electron chi connectivity index (χ0n) is 9.93. The fourth-order valence-electron chi connectivity index (χ4n) is 2.24. The van der Waals surface area contributed by atoms with Gasteiger partial charge in [-0.3, -0.25) is 0 Å². The van der Waals surface area contributed by atoms with Crippen molar-refractivity contribution < 1.29 is 4.39 Å². The highest BCUT2D eigenvalue weighted by Crippen LogP contribution is 2.30. The first-order valence-electron chi connectivity index (χ1n) is 6.00. The number of rotatable bonds is 1. The molecule has 0 radical (unpaired) electrons. The zero-order chi connectivity index (χ0) is 12.8. The van der Waals surface area contributed by atoms with Gasteiger partial charge in [-0.1, -0.05) is 0 Å². The van der Waals surface area contributed by atoms with Gasteiger partial charge in [0.05, 0.1) is 16.8 Å². The van der Waals surface area contributed by atoms with Crippen LogP contribution in [0.4, 0.5) is 4.39 Å². The molecule has 1 N–H and O–H groups in total. The monoisotopic (exact) mass is 275 g/mol. The summed E-state index contributed by atoms with van der Waals surface area (Å²) in [5, 5.41) is 12.4. The second-order valence-electron chi connectivity index (χ2n) is 4.40. The predicted molar refractivity (Wildman–Crippen MR) is 70.3 cm³/mol. The number of halogens is 1. The molecule has 2 aromatic heterocycles. The zero-order valence-corrected chi connectivity index (χ0v) is 10.7. The molecule has 7 heteroatoms. The van der Waals surface area contributed by atoms with Crippen LogP contribution >= 0.6 is 11.3 Å². The Balaban J connectivity index is 1.88. The van der Waals surface area contributed by atoms with Crippen molar-refractivity contribution in [3.05, 3.63) is 29.8 Å². The van der Waals surface area contributed by atoms with Crippen LogP contribution in [0.1, 0.15) is 5.82 Å². The molecule has 0 fully saturated rings. The molecule has 4 rings (SSSR count). The molecule has 96 valence electrons. The van der Waals surface area contributed by atoms with E-state index in [1.165, 1.54) is 23.5 Å². The number of benzene rings is 1. The largest absolute Gasteiger partial charge is 0.308 e. The standard InChI is InChI=1S/C12H10FN5S/c13-7-1-2-8-9(5-7)19-12(15-8)11-17-16-10-6-14-3-4-18(10)11/h1-2,5,14H,3-4,6H2. The van der Waals surface area contributed by atoms with E-state index in [0.717, 1.165) is 46.5 Å². The molecule has 0 unspecified atom stereocenters. The number of hydrogen-bond donors (Lipinski definition) is 1. The Kier molecular flexibility index (Phi) is 2.36. The first-order valence-corrected chi connectivity index (χ1v) is 6.82. The highest BCUT2D eigenvalue weighted by molar-refractivity contribution is 7.21. The van der Waals surface area contributed by atoms with Gasteiger partial charge in [-0.25, -0.2) is 9.37 Å². The third kappa shape index (κ3) is 1.73. The number of fused-ring (bicyclic) bond motifs is 2. The Bertz CT molecular complexity index is 763. The smallest absolute Gasteiger partial charge is 0.193 e. The molecule has 19 heavy (non-hydrogen) atoms. The Morgan fingerprint density at radius 2 is 2.26 bits per heavy atom. The van der Waals surface area contributed by atoms with Crippen LogP contribution in [-0.4, -0.2) is 26.3 Å². The van der Waals surface area contributed by atoms with E-state index in [-0.39, 0.29) is 5.82 Å². The average Bonchev–Trinajstić information content (AvgIpc) is 3.00. The maximum Gasteiger partial charge on any atom is 0.193 e. The van der Waals surface area contributed by atoms with E-state index in [9.17, 15) is 4.39 Å². The molecule has 0 atom stereocenters. The highest BCUT2D eigenvalue weighted by Gasteiger charge is 2.19. The quantitative estimate of drug-likeness (QED) is 0.735. The van der Waals surface area contributed by atoms with Gasteiger partial charge in [-0.05, 0) is 18.2 Å². The summed E-state index contributed by atoms with van der Waals surface area (Å²) >= 11 is 1.45. The van der Waals surface area contributed by atoms with Crippen LogP contribution in [0.5, 0.6) is 0 Å². The first-order chi connectivity index (χ1) is 9.31. The minimum absolute atomic E-state index is 0.241. The lowest BCUT2D eigenvalue weighted by Crippen LogP contribution is -2.28. The van der Waals surface area contributed by atoms with Gasteiger partial charge < -0.3 is 9.88 Å². The minimum Gasteiger partial charge on any atom is -0.308 e. The Hall–Kier alpha value is -1.86. The van der Waals surface area contributed by atoms with Gasteiger partial charge in [0.1, 0.15) is 11.6 Å². The topological polar surface area (TPSA) is 55.6 Å². The lowest BCUT2D eigenvalue weighted by Gasteiger charge is -2.14. The molecule has 1 aromatic carbocycles. The Labute approximate surface area is 112 Å². The van der Waals surface area contributed by atoms with E-state index >= 15 is 0 Å². The molecular weight excluding hydrogens is 265 g/mol. The summed E-state index contributed by atoms with van der Waals surface area (Å²) in [6.45, 7) is 2.46. The number of aromatic nitrogens is 4. The molecular formula is C12H10FN5S. The lowest BCUT2D eigenvalue weighted by atomic mass is 10.3. The summed E-state index contributed by atoms with van der Waals surface area (Å²) < 4.78 is 16.1. The lowest BCUT2D eigenvalue weighted by molar-refractivity contribution is 0.508. The first kappa shape index (κ1) is 11.0. The van der Waals surface area contributed by atoms with Crippen LogP contribution in [0, 0.1) is 5.82 Å². The normalized spacial score (nSPS) is 14.8. The number of nitrogens with zero attached hydrogens (tertiary/aromatic N) is 4. The van der Waals surface area contributed by atoms with E-state index in [0.29, 0.717) is 0 Å². The SMILES string of the molecule is Fc1ccc2nc(-c3nnc4n3CCNC4)sc2c1. The molecule has 1 aliphatic rings. The fraction of sp³-hybridized carbons (Fsp3) is 0.250. The van der Waals surface area contributed by atoms with Crippen molar-refractivity contribution in [2.45, 2.75) is 13.1 Å². The van der Waals surface area contributed by atoms with Gasteiger partial charge in [-0.2, -0.15) is 0 Å². The average molecular weight is 275 g/mol. The van der Waals surface area contributed by atoms with E-state index in [2.05, 4.69) is 25.1 Å². The molecule has 3 aromatic rings. The summed E-state index contributed by atoms with van der Waals surface area (Å²) in [6.07, 6.45) is 0. The third-order valence-corrected chi connectivity index (χ3v) is 4.18. The van der Waals surface area contributed by atoms with Crippen molar-refractivity contribution in [2.24, 2.45) is 0 Å². The van der Waals surface area contributed by atoms with Gasteiger partial charge in [-0.15, -0.1) is 21.5 Å². The highest BCUT2D eigenvalue weighted by atomic mass is 32.1. The molecule has 0 spiro atoms. The minimum atomic E-state index is -0.241. The van der Waals surface area contributed by atoms with Gasteiger partial charge in [0, 0.05) is 13.1 Å². The predicted octanol–water partition coefficient (Wildman–Crippen LogP) is 1.80. The maximum absolute atomic E-state index is 13.2. The van der Waals surface area contributed by atoms with Gasteiger partial charge >= 0.3 is 0 Å². The van der Waals surface area contributed by atoms with E-state index in [1.54, 1.807) is 6.07 Å². The van der Waals surface area contributed by atoms with Gasteiger partial charge in [0.2, 0.25) is 0 Å². The van der Waals surface area contributed by atoms with Crippen LogP contribution < -0.4 is 5.32 Å². The van der Waals surface area contributed by atoms with Gasteiger partial charge in [0.25, 0.3) is 0 Å². The molecule has 0 aliphatic carbocycles. The van der Waals surface area contributed by atoms with Crippen molar-refractivity contribution in [3.8, 4) is 10.8 Å². The Morgan fingerprint density at radius 3 is 3.21 bits per heavy atom. The number of nitrogens with one attached hydrogen (secondary N) is 1.